The molecule has 1 N–H and O–H groups in total. The molecular weight excluding hydrogens is 454 g/mol. The van der Waals surface area contributed by atoms with Gasteiger partial charge in [-0.1, -0.05) is 36.4 Å². The summed E-state index contributed by atoms with van der Waals surface area (Å²) in [5, 5.41) is 3.40. The summed E-state index contributed by atoms with van der Waals surface area (Å²) in [6.07, 6.45) is 1.22. The van der Waals surface area contributed by atoms with Gasteiger partial charge in [0.2, 0.25) is 11.8 Å². The molecule has 7 heteroatoms. The fourth-order valence-electron chi connectivity index (χ4n) is 5.23. The molecule has 4 rings (SSSR count). The summed E-state index contributed by atoms with van der Waals surface area (Å²) in [5.74, 6) is -0.840. The van der Waals surface area contributed by atoms with E-state index in [-0.39, 0.29) is 29.7 Å². The third-order valence-electron chi connectivity index (χ3n) is 7.55. The number of benzene rings is 2. The number of hydrogen-bond acceptors (Lipinski definition) is 5. The lowest BCUT2D eigenvalue weighted by Gasteiger charge is -2.38. The SMILES string of the molecule is CC(CCN1C(=O)c2ccccc2C(C)(C)C1=O)NCCCN1C(=O)c2ccccc2C(C)(C)C1=O. The lowest BCUT2D eigenvalue weighted by Crippen LogP contribution is -2.53. The van der Waals surface area contributed by atoms with Crippen molar-refractivity contribution in [3.63, 3.8) is 0 Å². The molecule has 1 atom stereocenters. The van der Waals surface area contributed by atoms with Gasteiger partial charge in [-0.05, 0) is 77.3 Å². The Morgan fingerprint density at radius 1 is 0.722 bits per heavy atom. The molecule has 0 fully saturated rings. The van der Waals surface area contributed by atoms with Gasteiger partial charge in [-0.25, -0.2) is 0 Å². The average molecular weight is 490 g/mol. The van der Waals surface area contributed by atoms with Crippen LogP contribution in [0.4, 0.5) is 0 Å². The number of imide groups is 2. The largest absolute Gasteiger partial charge is 0.314 e. The monoisotopic (exact) mass is 489 g/mol. The molecule has 0 saturated heterocycles. The van der Waals surface area contributed by atoms with Gasteiger partial charge in [0.05, 0.1) is 10.8 Å². The summed E-state index contributed by atoms with van der Waals surface area (Å²) in [6, 6.07) is 14.7. The number of hydrogen-bond donors (Lipinski definition) is 1. The highest BCUT2D eigenvalue weighted by atomic mass is 16.2. The van der Waals surface area contributed by atoms with Crippen molar-refractivity contribution in [2.24, 2.45) is 0 Å². The van der Waals surface area contributed by atoms with Crippen LogP contribution >= 0.6 is 0 Å². The summed E-state index contributed by atoms with van der Waals surface area (Å²) in [7, 11) is 0. The topological polar surface area (TPSA) is 86.8 Å². The molecule has 0 bridgehead atoms. The van der Waals surface area contributed by atoms with Crippen molar-refractivity contribution in [3.8, 4) is 0 Å². The smallest absolute Gasteiger partial charge is 0.260 e. The minimum Gasteiger partial charge on any atom is -0.314 e. The Bertz CT molecular complexity index is 1220. The van der Waals surface area contributed by atoms with Crippen LogP contribution in [0.2, 0.25) is 0 Å². The van der Waals surface area contributed by atoms with Gasteiger partial charge in [-0.3, -0.25) is 29.0 Å². The lowest BCUT2D eigenvalue weighted by atomic mass is 9.77. The van der Waals surface area contributed by atoms with E-state index in [9.17, 15) is 19.2 Å². The molecule has 4 amide bonds. The Morgan fingerprint density at radius 3 is 1.67 bits per heavy atom. The molecule has 2 aromatic rings. The fraction of sp³-hybridized carbons (Fsp3) is 0.448. The van der Waals surface area contributed by atoms with Crippen LogP contribution in [0.25, 0.3) is 0 Å². The summed E-state index contributed by atoms with van der Waals surface area (Å²) in [4.78, 5) is 54.8. The second kappa shape index (κ2) is 9.62. The minimum absolute atomic E-state index is 0.0517. The molecule has 0 aliphatic carbocycles. The molecule has 0 spiro atoms. The molecule has 190 valence electrons. The molecule has 36 heavy (non-hydrogen) atoms. The van der Waals surface area contributed by atoms with Gasteiger partial charge >= 0.3 is 0 Å². The predicted molar refractivity (Wildman–Crippen MR) is 138 cm³/mol. The maximum atomic E-state index is 13.1. The first kappa shape index (κ1) is 25.8. The van der Waals surface area contributed by atoms with Crippen molar-refractivity contribution in [2.75, 3.05) is 19.6 Å². The molecule has 7 nitrogen and oxygen atoms in total. The normalized spacial score (nSPS) is 19.2. The van der Waals surface area contributed by atoms with E-state index in [0.29, 0.717) is 43.6 Å². The van der Waals surface area contributed by atoms with Crippen LogP contribution in [-0.4, -0.2) is 59.1 Å². The highest BCUT2D eigenvalue weighted by molar-refractivity contribution is 6.13. The highest BCUT2D eigenvalue weighted by Gasteiger charge is 2.45. The first-order valence-corrected chi connectivity index (χ1v) is 12.6. The van der Waals surface area contributed by atoms with E-state index in [1.807, 2.05) is 71.0 Å². The Morgan fingerprint density at radius 2 is 1.17 bits per heavy atom. The summed E-state index contributed by atoms with van der Waals surface area (Å²) in [5.41, 5.74) is 1.23. The van der Waals surface area contributed by atoms with Crippen molar-refractivity contribution in [3.05, 3.63) is 70.8 Å². The second-order valence-electron chi connectivity index (χ2n) is 10.9. The van der Waals surface area contributed by atoms with E-state index in [1.165, 1.54) is 9.80 Å². The zero-order chi connectivity index (χ0) is 26.3. The van der Waals surface area contributed by atoms with Gasteiger partial charge in [-0.2, -0.15) is 0 Å². The maximum absolute atomic E-state index is 13.1. The van der Waals surface area contributed by atoms with Crippen molar-refractivity contribution in [1.29, 1.82) is 0 Å². The quantitative estimate of drug-likeness (QED) is 0.452. The zero-order valence-electron chi connectivity index (χ0n) is 21.8. The average Bonchev–Trinajstić information content (AvgIpc) is 2.86. The maximum Gasteiger partial charge on any atom is 0.260 e. The van der Waals surface area contributed by atoms with Gasteiger partial charge in [0.15, 0.2) is 0 Å². The first-order chi connectivity index (χ1) is 17.0. The van der Waals surface area contributed by atoms with Crippen molar-refractivity contribution in [2.45, 2.75) is 64.3 Å². The molecule has 1 unspecified atom stereocenters. The van der Waals surface area contributed by atoms with Crippen LogP contribution < -0.4 is 5.32 Å². The molecular formula is C29H35N3O4. The third-order valence-corrected chi connectivity index (χ3v) is 7.55. The number of nitrogens with one attached hydrogen (secondary N) is 1. The molecule has 2 aromatic carbocycles. The van der Waals surface area contributed by atoms with E-state index < -0.39 is 10.8 Å². The molecule has 0 radical (unpaired) electrons. The standard InChI is InChI=1S/C29H35N3O4/c1-19(15-18-32-25(34)21-12-7-9-14-23(21)29(4,5)27(32)36)30-16-10-17-31-24(33)20-11-6-8-13-22(20)28(2,3)26(31)35/h6-9,11-14,19,30H,10,15-18H2,1-5H3. The zero-order valence-corrected chi connectivity index (χ0v) is 21.8. The summed E-state index contributed by atoms with van der Waals surface area (Å²) >= 11 is 0. The summed E-state index contributed by atoms with van der Waals surface area (Å²) < 4.78 is 0. The molecule has 0 aromatic heterocycles. The molecule has 0 saturated carbocycles. The van der Waals surface area contributed by atoms with Gasteiger partial charge in [0.1, 0.15) is 0 Å². The minimum atomic E-state index is -0.749. The molecule has 2 aliphatic heterocycles. The van der Waals surface area contributed by atoms with Crippen LogP contribution in [0, 0.1) is 0 Å². The van der Waals surface area contributed by atoms with Crippen LogP contribution in [0.3, 0.4) is 0 Å². The van der Waals surface area contributed by atoms with E-state index in [2.05, 4.69) is 5.32 Å². The summed E-state index contributed by atoms with van der Waals surface area (Å²) in [6.45, 7) is 10.7. The number of carbonyl (C=O) groups is 4. The first-order valence-electron chi connectivity index (χ1n) is 12.6. The number of nitrogens with zero attached hydrogens (tertiary/aromatic N) is 2. The van der Waals surface area contributed by atoms with E-state index in [0.717, 1.165) is 11.1 Å². The van der Waals surface area contributed by atoms with Gasteiger partial charge in [-0.15, -0.1) is 0 Å². The Hall–Kier alpha value is -3.32. The Balaban J connectivity index is 1.30. The highest BCUT2D eigenvalue weighted by Crippen LogP contribution is 2.35. The second-order valence-corrected chi connectivity index (χ2v) is 10.9. The van der Waals surface area contributed by atoms with Crippen LogP contribution in [-0.2, 0) is 20.4 Å². The third kappa shape index (κ3) is 4.37. The van der Waals surface area contributed by atoms with Crippen molar-refractivity contribution < 1.29 is 19.2 Å². The van der Waals surface area contributed by atoms with E-state index >= 15 is 0 Å². The van der Waals surface area contributed by atoms with Crippen LogP contribution in [0.15, 0.2) is 48.5 Å². The number of carbonyl (C=O) groups excluding carboxylic acids is 4. The van der Waals surface area contributed by atoms with Gasteiger partial charge in [0.25, 0.3) is 11.8 Å². The predicted octanol–water partition coefficient (Wildman–Crippen LogP) is 3.67. The van der Waals surface area contributed by atoms with E-state index in [4.69, 9.17) is 0 Å². The van der Waals surface area contributed by atoms with Gasteiger partial charge in [0, 0.05) is 30.3 Å². The van der Waals surface area contributed by atoms with Crippen molar-refractivity contribution >= 4 is 23.6 Å². The van der Waals surface area contributed by atoms with Gasteiger partial charge < -0.3 is 5.32 Å². The lowest BCUT2D eigenvalue weighted by molar-refractivity contribution is -0.135. The Labute approximate surface area is 212 Å². The van der Waals surface area contributed by atoms with Crippen molar-refractivity contribution in [1.82, 2.24) is 15.1 Å². The molecule has 2 aliphatic rings. The Kier molecular flexibility index (Phi) is 6.88. The number of fused-ring (bicyclic) bond motifs is 2. The molecule has 2 heterocycles. The number of amides is 4. The van der Waals surface area contributed by atoms with E-state index in [1.54, 1.807) is 12.1 Å². The fourth-order valence-corrected chi connectivity index (χ4v) is 5.23. The van der Waals surface area contributed by atoms with Crippen LogP contribution in [0.5, 0.6) is 0 Å². The van der Waals surface area contributed by atoms with Crippen LogP contribution in [0.1, 0.15) is 79.3 Å². The number of rotatable bonds is 8.